The molecule has 2 bridgehead atoms. The molecule has 3 N–H and O–H groups in total. The van der Waals surface area contributed by atoms with Gasteiger partial charge in [-0.05, 0) is 94.4 Å². The second-order valence-electron chi connectivity index (χ2n) is 19.6. The van der Waals surface area contributed by atoms with Crippen molar-refractivity contribution in [2.45, 2.75) is 138 Å². The Morgan fingerprint density at radius 2 is 1.81 bits per heavy atom. The number of allylic oxidation sites excluding steroid dienone is 1. The molecule has 0 spiro atoms. The topological polar surface area (TPSA) is 137 Å². The molecule has 11 heteroatoms. The number of hydrogen-bond donors (Lipinski definition) is 3. The highest BCUT2D eigenvalue weighted by Crippen LogP contribution is 2.74. The van der Waals surface area contributed by atoms with Crippen molar-refractivity contribution in [3.8, 4) is 0 Å². The molecule has 1 saturated heterocycles. The van der Waals surface area contributed by atoms with Crippen LogP contribution in [-0.4, -0.2) is 83.1 Å². The van der Waals surface area contributed by atoms with E-state index < -0.39 is 12.3 Å². The molecule has 11 nitrogen and oxygen atoms in total. The predicted octanol–water partition coefficient (Wildman–Crippen LogP) is 7.54. The lowest BCUT2D eigenvalue weighted by Crippen LogP contribution is -2.70. The summed E-state index contributed by atoms with van der Waals surface area (Å²) in [4.78, 5) is 30.5. The van der Waals surface area contributed by atoms with Crippen LogP contribution >= 0.6 is 0 Å². The van der Waals surface area contributed by atoms with Crippen LogP contribution < -0.4 is 10.6 Å². The fraction of sp³-hybridized carbons (Fsp3) is 0.857. The van der Waals surface area contributed by atoms with Crippen LogP contribution in [0.1, 0.15) is 131 Å². The molecule has 12 atom stereocenters. The first-order chi connectivity index (χ1) is 24.8. The summed E-state index contributed by atoms with van der Waals surface area (Å²) in [6, 6.07) is -0.251. The minimum Gasteiger partial charge on any atom is -0.450 e. The standard InChI is InChI=1S/C42H69N5O6/c1-13-44-34(48)33-45-24-46-47(33)30-20-42-23-51-21-38(8,32(30)52-22-41(11,43-12)26(4)5)31(42)15-14-28-29(42)16-17-40(10)35(53-36(49)50)37(7,27(6)25(2)3)18-19-39(28,40)9/h16,24-28,30-32,35,43H,13-15,17-23H2,1-12H3,(H,44,48)(H,49,50)/t27-,28+,30-,31+,32+,35-,37-,38-,39-,40-,41+,42+/m1/s1. The molecule has 4 aliphatic carbocycles. The summed E-state index contributed by atoms with van der Waals surface area (Å²) in [7, 11) is 2.00. The Balaban J connectivity index is 1.47. The van der Waals surface area contributed by atoms with Gasteiger partial charge in [0, 0.05) is 33.7 Å². The Morgan fingerprint density at radius 3 is 2.43 bits per heavy atom. The van der Waals surface area contributed by atoms with Crippen LogP contribution in [-0.2, 0) is 14.2 Å². The Bertz CT molecular complexity index is 1580. The van der Waals surface area contributed by atoms with Gasteiger partial charge in [-0.3, -0.25) is 4.79 Å². The van der Waals surface area contributed by atoms with Crippen molar-refractivity contribution in [2.24, 2.45) is 56.7 Å². The second kappa shape index (κ2) is 13.9. The molecular formula is C42H69N5O6. The molecule has 3 saturated carbocycles. The second-order valence-corrected chi connectivity index (χ2v) is 19.6. The van der Waals surface area contributed by atoms with Gasteiger partial charge in [-0.1, -0.05) is 74.0 Å². The minimum absolute atomic E-state index is 0.185. The van der Waals surface area contributed by atoms with Gasteiger partial charge in [0.05, 0.1) is 32.0 Å². The first-order valence-corrected chi connectivity index (χ1v) is 20.5. The van der Waals surface area contributed by atoms with Gasteiger partial charge in [-0.25, -0.2) is 14.5 Å². The number of rotatable bonds is 11. The zero-order valence-corrected chi connectivity index (χ0v) is 34.7. The molecule has 1 amide bonds. The summed E-state index contributed by atoms with van der Waals surface area (Å²) >= 11 is 0. The number of nitrogens with zero attached hydrogens (tertiary/aromatic N) is 3. The maximum absolute atomic E-state index is 13.5. The van der Waals surface area contributed by atoms with Crippen molar-refractivity contribution >= 4 is 12.1 Å². The number of nitrogens with one attached hydrogen (secondary N) is 2. The van der Waals surface area contributed by atoms with Crippen LogP contribution in [0.15, 0.2) is 18.0 Å². The van der Waals surface area contributed by atoms with E-state index in [9.17, 15) is 14.7 Å². The van der Waals surface area contributed by atoms with Crippen LogP contribution in [0.3, 0.4) is 0 Å². The smallest absolute Gasteiger partial charge is 0.450 e. The Morgan fingerprint density at radius 1 is 1.09 bits per heavy atom. The number of ether oxygens (including phenoxy) is 3. The van der Waals surface area contributed by atoms with Crippen molar-refractivity contribution in [3.05, 3.63) is 23.8 Å². The lowest BCUT2D eigenvalue weighted by atomic mass is 9.35. The van der Waals surface area contributed by atoms with E-state index in [2.05, 4.69) is 90.9 Å². The van der Waals surface area contributed by atoms with E-state index in [1.807, 2.05) is 18.7 Å². The molecule has 0 unspecified atom stereocenters. The highest BCUT2D eigenvalue weighted by molar-refractivity contribution is 5.90. The molecule has 1 aliphatic heterocycles. The highest BCUT2D eigenvalue weighted by atomic mass is 16.7. The number of carbonyl (C=O) groups excluding carboxylic acids is 1. The number of fused-ring (bicyclic) bond motifs is 3. The Kier molecular flexibility index (Phi) is 10.5. The van der Waals surface area contributed by atoms with Gasteiger partial charge in [0.15, 0.2) is 0 Å². The molecule has 2 heterocycles. The number of carboxylic acid groups (broad SMARTS) is 1. The average Bonchev–Trinajstić information content (AvgIpc) is 3.59. The van der Waals surface area contributed by atoms with Crippen LogP contribution in [0.2, 0.25) is 0 Å². The largest absolute Gasteiger partial charge is 0.506 e. The van der Waals surface area contributed by atoms with Crippen molar-refractivity contribution in [2.75, 3.05) is 33.4 Å². The van der Waals surface area contributed by atoms with Crippen molar-refractivity contribution < 1.29 is 28.9 Å². The molecule has 5 aliphatic rings. The quantitative estimate of drug-likeness (QED) is 0.155. The van der Waals surface area contributed by atoms with E-state index in [1.165, 1.54) is 11.9 Å². The molecule has 0 radical (unpaired) electrons. The summed E-state index contributed by atoms with van der Waals surface area (Å²) in [5, 5.41) is 21.5. The average molecular weight is 740 g/mol. The van der Waals surface area contributed by atoms with E-state index in [1.54, 1.807) is 0 Å². The van der Waals surface area contributed by atoms with E-state index in [4.69, 9.17) is 19.3 Å². The third-order valence-electron chi connectivity index (χ3n) is 16.8. The van der Waals surface area contributed by atoms with Gasteiger partial charge >= 0.3 is 6.16 Å². The van der Waals surface area contributed by atoms with Gasteiger partial charge in [-0.2, -0.15) is 5.10 Å². The summed E-state index contributed by atoms with van der Waals surface area (Å²) in [6.07, 6.45) is 7.54. The van der Waals surface area contributed by atoms with Crippen molar-refractivity contribution in [1.29, 1.82) is 0 Å². The number of aromatic nitrogens is 3. The normalized spacial score (nSPS) is 41.0. The van der Waals surface area contributed by atoms with E-state index in [-0.39, 0.29) is 56.6 Å². The monoisotopic (exact) mass is 740 g/mol. The Labute approximate surface area is 318 Å². The van der Waals surface area contributed by atoms with E-state index in [0.717, 1.165) is 38.5 Å². The van der Waals surface area contributed by atoms with Gasteiger partial charge < -0.3 is 30.0 Å². The van der Waals surface area contributed by atoms with Crippen molar-refractivity contribution in [1.82, 2.24) is 25.4 Å². The fourth-order valence-electron chi connectivity index (χ4n) is 12.5. The van der Waals surface area contributed by atoms with Crippen LogP contribution in [0.5, 0.6) is 0 Å². The first-order valence-electron chi connectivity index (χ1n) is 20.5. The van der Waals surface area contributed by atoms with Gasteiger partial charge in [0.1, 0.15) is 12.4 Å². The highest BCUT2D eigenvalue weighted by Gasteiger charge is 2.72. The van der Waals surface area contributed by atoms with Gasteiger partial charge in [0.25, 0.3) is 5.91 Å². The SMILES string of the molecule is CCNC(=O)c1ncnn1[C@@H]1C[C@@]23COC[C@](C)([C@@H]2CC[C@H]2C3=CC[C@]3(C)[C@H](OC(=O)O)[C@@](C)([C@H](C)C(C)C)CC[C@]23C)[C@H]1OC[C@](C)(NC)C(C)C. The Hall–Kier alpha value is -2.50. The molecule has 1 aromatic heterocycles. The molecule has 0 aromatic carbocycles. The van der Waals surface area contributed by atoms with Gasteiger partial charge in [-0.15, -0.1) is 0 Å². The molecule has 298 valence electrons. The molecule has 4 fully saturated rings. The van der Waals surface area contributed by atoms with E-state index in [0.29, 0.717) is 55.9 Å². The fourth-order valence-corrected chi connectivity index (χ4v) is 12.5. The summed E-state index contributed by atoms with van der Waals surface area (Å²) in [5.41, 5.74) is -0.311. The molecular weight excluding hydrogens is 670 g/mol. The lowest BCUT2D eigenvalue weighted by Gasteiger charge is -2.71. The van der Waals surface area contributed by atoms with E-state index >= 15 is 0 Å². The first kappa shape index (κ1) is 40.2. The summed E-state index contributed by atoms with van der Waals surface area (Å²) in [6.45, 7) is 26.9. The van der Waals surface area contributed by atoms with Crippen LogP contribution in [0, 0.1) is 56.7 Å². The maximum Gasteiger partial charge on any atom is 0.506 e. The third-order valence-corrected chi connectivity index (χ3v) is 16.8. The van der Waals surface area contributed by atoms with Crippen molar-refractivity contribution in [3.63, 3.8) is 0 Å². The minimum atomic E-state index is -1.18. The maximum atomic E-state index is 13.5. The summed E-state index contributed by atoms with van der Waals surface area (Å²) in [5.74, 6) is 1.64. The molecule has 1 aromatic rings. The third kappa shape index (κ3) is 5.91. The zero-order chi connectivity index (χ0) is 38.9. The molecule has 6 rings (SSSR count). The van der Waals surface area contributed by atoms with Gasteiger partial charge in [0.2, 0.25) is 5.82 Å². The number of hydrogen-bond acceptors (Lipinski definition) is 8. The number of amides is 1. The lowest BCUT2D eigenvalue weighted by molar-refractivity contribution is -0.257. The molecule has 53 heavy (non-hydrogen) atoms. The summed E-state index contributed by atoms with van der Waals surface area (Å²) < 4.78 is 21.9. The number of likely N-dealkylation sites (N-methyl/N-ethyl adjacent to an activating group) is 1. The van der Waals surface area contributed by atoms with Crippen LogP contribution in [0.25, 0.3) is 0 Å². The predicted molar refractivity (Wildman–Crippen MR) is 204 cm³/mol. The number of carbonyl (C=O) groups is 2. The van der Waals surface area contributed by atoms with Crippen LogP contribution in [0.4, 0.5) is 4.79 Å². The zero-order valence-electron chi connectivity index (χ0n) is 34.7.